The van der Waals surface area contributed by atoms with Crippen molar-refractivity contribution in [3.05, 3.63) is 39.9 Å². The highest BCUT2D eigenvalue weighted by Gasteiger charge is 2.32. The normalized spacial score (nSPS) is 20.4. The third-order valence-corrected chi connectivity index (χ3v) is 3.77. The number of hydrogen-bond acceptors (Lipinski definition) is 8. The first kappa shape index (κ1) is 17.3. The number of hydrogen-bond donors (Lipinski definition) is 0. The highest BCUT2D eigenvalue weighted by molar-refractivity contribution is 6.30. The Bertz CT molecular complexity index is 780. The maximum absolute atomic E-state index is 11.7. The molecule has 2 atom stereocenters. The summed E-state index contributed by atoms with van der Waals surface area (Å²) in [5.41, 5.74) is -0.302. The summed E-state index contributed by atoms with van der Waals surface area (Å²) in [6.45, 7) is 4.79. The molecular weight excluding hydrogens is 350 g/mol. The first-order chi connectivity index (χ1) is 11.9. The fraction of sp³-hybridized carbons (Fsp3) is 0.400. The Morgan fingerprint density at radius 2 is 2.04 bits per heavy atom. The van der Waals surface area contributed by atoms with Crippen molar-refractivity contribution in [3.8, 4) is 11.6 Å². The predicted molar refractivity (Wildman–Crippen MR) is 90.2 cm³/mol. The van der Waals surface area contributed by atoms with Crippen LogP contribution in [-0.4, -0.2) is 45.2 Å². The number of halogens is 1. The number of aromatic nitrogens is 3. The summed E-state index contributed by atoms with van der Waals surface area (Å²) in [5.74, 6) is 0.293. The van der Waals surface area contributed by atoms with Gasteiger partial charge in [-0.25, -0.2) is 4.98 Å². The van der Waals surface area contributed by atoms with Gasteiger partial charge in [-0.1, -0.05) is 11.6 Å². The summed E-state index contributed by atoms with van der Waals surface area (Å²) in [6.07, 6.45) is 3.93. The molecule has 132 valence electrons. The van der Waals surface area contributed by atoms with Crippen LogP contribution in [0.25, 0.3) is 0 Å². The first-order valence-electron chi connectivity index (χ1n) is 7.62. The van der Waals surface area contributed by atoms with Gasteiger partial charge in [0, 0.05) is 25.4 Å². The number of rotatable bonds is 4. The number of anilines is 1. The molecular formula is C15H16ClN5O4. The van der Waals surface area contributed by atoms with Crippen LogP contribution in [0, 0.1) is 10.1 Å². The van der Waals surface area contributed by atoms with Crippen LogP contribution in [0.4, 0.5) is 11.5 Å². The minimum Gasteiger partial charge on any atom is -0.432 e. The van der Waals surface area contributed by atoms with Crippen molar-refractivity contribution in [2.45, 2.75) is 26.1 Å². The van der Waals surface area contributed by atoms with Gasteiger partial charge >= 0.3 is 11.6 Å². The van der Waals surface area contributed by atoms with Gasteiger partial charge in [0.25, 0.3) is 0 Å². The SMILES string of the molecule is CC1CN(c2ncnc(Oc3cncc(Cl)c3)c2[N+](=O)[O-])CC(C)O1. The zero-order valence-corrected chi connectivity index (χ0v) is 14.4. The Balaban J connectivity index is 1.98. The quantitative estimate of drug-likeness (QED) is 0.601. The van der Waals surface area contributed by atoms with E-state index >= 15 is 0 Å². The van der Waals surface area contributed by atoms with Gasteiger partial charge in [0.1, 0.15) is 12.1 Å². The van der Waals surface area contributed by atoms with Crippen LogP contribution >= 0.6 is 11.6 Å². The van der Waals surface area contributed by atoms with Crippen molar-refractivity contribution in [1.29, 1.82) is 0 Å². The van der Waals surface area contributed by atoms with E-state index in [1.165, 1.54) is 24.8 Å². The molecule has 0 saturated carbocycles. The molecule has 0 bridgehead atoms. The Kier molecular flexibility index (Phi) is 4.95. The van der Waals surface area contributed by atoms with E-state index in [1.807, 2.05) is 18.7 Å². The minimum absolute atomic E-state index is 0.0696. The Morgan fingerprint density at radius 1 is 1.32 bits per heavy atom. The molecule has 25 heavy (non-hydrogen) atoms. The number of ether oxygens (including phenoxy) is 2. The van der Waals surface area contributed by atoms with Crippen LogP contribution in [0.5, 0.6) is 11.6 Å². The molecule has 3 heterocycles. The minimum atomic E-state index is -0.548. The highest BCUT2D eigenvalue weighted by atomic mass is 35.5. The van der Waals surface area contributed by atoms with Crippen molar-refractivity contribution in [1.82, 2.24) is 15.0 Å². The van der Waals surface area contributed by atoms with Crippen LogP contribution in [0.15, 0.2) is 24.8 Å². The fourth-order valence-electron chi connectivity index (χ4n) is 2.73. The van der Waals surface area contributed by atoms with E-state index in [0.717, 1.165) is 0 Å². The molecule has 0 spiro atoms. The van der Waals surface area contributed by atoms with E-state index in [9.17, 15) is 10.1 Å². The van der Waals surface area contributed by atoms with E-state index in [1.54, 1.807) is 0 Å². The maximum Gasteiger partial charge on any atom is 0.373 e. The lowest BCUT2D eigenvalue weighted by Crippen LogP contribution is -2.46. The summed E-state index contributed by atoms with van der Waals surface area (Å²) in [6, 6.07) is 1.50. The number of morpholine rings is 1. The molecule has 1 aliphatic rings. The lowest BCUT2D eigenvalue weighted by atomic mass is 10.2. The molecule has 0 N–H and O–H groups in total. The molecule has 1 fully saturated rings. The monoisotopic (exact) mass is 365 g/mol. The van der Waals surface area contributed by atoms with Gasteiger partial charge in [0.15, 0.2) is 0 Å². The molecule has 2 aromatic heterocycles. The average Bonchev–Trinajstić information content (AvgIpc) is 2.53. The van der Waals surface area contributed by atoms with E-state index in [4.69, 9.17) is 21.1 Å². The molecule has 1 saturated heterocycles. The summed E-state index contributed by atoms with van der Waals surface area (Å²) < 4.78 is 11.2. The van der Waals surface area contributed by atoms with Gasteiger partial charge in [-0.3, -0.25) is 15.1 Å². The van der Waals surface area contributed by atoms with Crippen LogP contribution in [-0.2, 0) is 4.74 Å². The molecule has 0 aromatic carbocycles. The first-order valence-corrected chi connectivity index (χ1v) is 8.00. The second-order valence-electron chi connectivity index (χ2n) is 5.71. The van der Waals surface area contributed by atoms with Crippen LogP contribution in [0.1, 0.15) is 13.8 Å². The summed E-state index contributed by atoms with van der Waals surface area (Å²) in [4.78, 5) is 24.8. The second-order valence-corrected chi connectivity index (χ2v) is 6.15. The van der Waals surface area contributed by atoms with E-state index in [-0.39, 0.29) is 35.3 Å². The van der Waals surface area contributed by atoms with Crippen molar-refractivity contribution in [2.24, 2.45) is 0 Å². The van der Waals surface area contributed by atoms with Gasteiger partial charge in [-0.2, -0.15) is 4.98 Å². The fourth-order valence-corrected chi connectivity index (χ4v) is 2.89. The third kappa shape index (κ3) is 3.94. The zero-order valence-electron chi connectivity index (χ0n) is 13.6. The Hall–Kier alpha value is -2.52. The predicted octanol–water partition coefficient (Wildman–Crippen LogP) is 2.84. The standard InChI is InChI=1S/C15H16ClN5O4/c1-9-6-20(7-10(2)24-9)14-13(21(22)23)15(19-8-18-14)25-12-3-11(16)4-17-5-12/h3-5,8-10H,6-7H2,1-2H3. The molecule has 2 unspecified atom stereocenters. The lowest BCUT2D eigenvalue weighted by molar-refractivity contribution is -0.385. The average molecular weight is 366 g/mol. The Morgan fingerprint density at radius 3 is 2.68 bits per heavy atom. The van der Waals surface area contributed by atoms with Crippen molar-refractivity contribution in [3.63, 3.8) is 0 Å². The van der Waals surface area contributed by atoms with E-state index in [2.05, 4.69) is 15.0 Å². The van der Waals surface area contributed by atoms with Gasteiger partial charge in [0.2, 0.25) is 5.82 Å². The summed E-state index contributed by atoms with van der Waals surface area (Å²) in [5, 5.41) is 12.0. The van der Waals surface area contributed by atoms with E-state index in [0.29, 0.717) is 18.1 Å². The highest BCUT2D eigenvalue weighted by Crippen LogP contribution is 2.37. The maximum atomic E-state index is 11.7. The molecule has 0 radical (unpaired) electrons. The zero-order chi connectivity index (χ0) is 18.0. The second kappa shape index (κ2) is 7.16. The lowest BCUT2D eigenvalue weighted by Gasteiger charge is -2.35. The van der Waals surface area contributed by atoms with Gasteiger partial charge < -0.3 is 14.4 Å². The Labute approximate surface area is 148 Å². The third-order valence-electron chi connectivity index (χ3n) is 3.57. The van der Waals surface area contributed by atoms with Crippen LogP contribution < -0.4 is 9.64 Å². The van der Waals surface area contributed by atoms with Gasteiger partial charge in [-0.05, 0) is 13.8 Å². The largest absolute Gasteiger partial charge is 0.432 e. The number of nitrogens with zero attached hydrogens (tertiary/aromatic N) is 5. The molecule has 10 heteroatoms. The molecule has 3 rings (SSSR count). The van der Waals surface area contributed by atoms with Crippen LogP contribution in [0.3, 0.4) is 0 Å². The molecule has 9 nitrogen and oxygen atoms in total. The molecule has 2 aromatic rings. The molecule has 0 amide bonds. The van der Waals surface area contributed by atoms with E-state index < -0.39 is 4.92 Å². The summed E-state index contributed by atoms with van der Waals surface area (Å²) >= 11 is 5.87. The number of pyridine rings is 1. The van der Waals surface area contributed by atoms with Crippen molar-refractivity contribution >= 4 is 23.1 Å². The van der Waals surface area contributed by atoms with Crippen molar-refractivity contribution in [2.75, 3.05) is 18.0 Å². The smallest absolute Gasteiger partial charge is 0.373 e. The van der Waals surface area contributed by atoms with Gasteiger partial charge in [0.05, 0.1) is 28.4 Å². The number of nitro groups is 1. The van der Waals surface area contributed by atoms with Crippen molar-refractivity contribution < 1.29 is 14.4 Å². The van der Waals surface area contributed by atoms with Gasteiger partial charge in [-0.15, -0.1) is 0 Å². The topological polar surface area (TPSA) is 104 Å². The summed E-state index contributed by atoms with van der Waals surface area (Å²) in [7, 11) is 0. The molecule has 0 aliphatic carbocycles. The molecule has 1 aliphatic heterocycles. The van der Waals surface area contributed by atoms with Crippen LogP contribution in [0.2, 0.25) is 5.02 Å².